The first kappa shape index (κ1) is 23.3. The molecule has 174 valence electrons. The molecular formula is C29H46O2. The van der Waals surface area contributed by atoms with Crippen LogP contribution in [0.1, 0.15) is 105 Å². The van der Waals surface area contributed by atoms with E-state index in [1.165, 1.54) is 56.1 Å². The molecule has 0 amide bonds. The van der Waals surface area contributed by atoms with E-state index in [4.69, 9.17) is 0 Å². The third-order valence-electron chi connectivity index (χ3n) is 9.42. The van der Waals surface area contributed by atoms with E-state index in [0.717, 1.165) is 49.9 Å². The summed E-state index contributed by atoms with van der Waals surface area (Å²) in [6, 6.07) is 0. The zero-order valence-corrected chi connectivity index (χ0v) is 20.5. The van der Waals surface area contributed by atoms with Crippen LogP contribution in [0.4, 0.5) is 0 Å². The van der Waals surface area contributed by atoms with Gasteiger partial charge in [-0.25, -0.2) is 0 Å². The molecule has 2 nitrogen and oxygen atoms in total. The zero-order chi connectivity index (χ0) is 22.2. The second kappa shape index (κ2) is 9.18. The highest BCUT2D eigenvalue weighted by atomic mass is 16.3. The molecule has 0 aromatic carbocycles. The number of rotatable bonds is 6. The van der Waals surface area contributed by atoms with Crippen molar-refractivity contribution in [1.82, 2.24) is 0 Å². The molecule has 4 aliphatic carbocycles. The molecule has 0 aromatic heterocycles. The van der Waals surface area contributed by atoms with Gasteiger partial charge in [0.25, 0.3) is 0 Å². The summed E-state index contributed by atoms with van der Waals surface area (Å²) in [5, 5.41) is 20.6. The summed E-state index contributed by atoms with van der Waals surface area (Å²) in [4.78, 5) is 0. The maximum atomic E-state index is 10.5. The number of hydrogen-bond donors (Lipinski definition) is 2. The molecule has 2 N–H and O–H groups in total. The molecular weight excluding hydrogens is 380 g/mol. The van der Waals surface area contributed by atoms with E-state index in [1.807, 2.05) is 13.8 Å². The van der Waals surface area contributed by atoms with Crippen molar-refractivity contribution in [3.8, 4) is 0 Å². The van der Waals surface area contributed by atoms with Gasteiger partial charge >= 0.3 is 0 Å². The Morgan fingerprint density at radius 1 is 1.19 bits per heavy atom. The van der Waals surface area contributed by atoms with Crippen molar-refractivity contribution < 1.29 is 10.2 Å². The van der Waals surface area contributed by atoms with E-state index >= 15 is 0 Å². The lowest BCUT2D eigenvalue weighted by Gasteiger charge is -2.44. The fourth-order valence-electron chi connectivity index (χ4n) is 7.81. The van der Waals surface area contributed by atoms with E-state index in [9.17, 15) is 10.2 Å². The molecule has 3 fully saturated rings. The summed E-state index contributed by atoms with van der Waals surface area (Å²) in [6.07, 6.45) is 21.3. The van der Waals surface area contributed by atoms with Crippen LogP contribution in [-0.4, -0.2) is 21.9 Å². The van der Waals surface area contributed by atoms with Gasteiger partial charge in [-0.15, -0.1) is 0 Å². The molecule has 4 rings (SSSR count). The van der Waals surface area contributed by atoms with Gasteiger partial charge in [0.15, 0.2) is 0 Å². The fraction of sp³-hybridized carbons (Fsp3) is 0.793. The van der Waals surface area contributed by atoms with Gasteiger partial charge in [-0.2, -0.15) is 0 Å². The standard InChI is InChI=1S/C29H46O2/c1-20(8-6-16-28(2,3)31)25-14-15-26-22(10-7-17-29(25,26)4)13-12-21-18-23-9-5-11-24(23)27(30)19-21/h11-13,20,23,25-27,30-31H,5-10,14-19H2,1-4H3/b21-12+,22-13+/t20-,23+,25?,26?,27-,29-/m1/s1. The van der Waals surface area contributed by atoms with Crippen LogP contribution in [-0.2, 0) is 0 Å². The quantitative estimate of drug-likeness (QED) is 0.444. The van der Waals surface area contributed by atoms with Gasteiger partial charge in [-0.05, 0) is 113 Å². The van der Waals surface area contributed by atoms with Gasteiger partial charge in [-0.1, -0.05) is 56.1 Å². The number of fused-ring (bicyclic) bond motifs is 2. The van der Waals surface area contributed by atoms with Crippen molar-refractivity contribution in [1.29, 1.82) is 0 Å². The third-order valence-corrected chi connectivity index (χ3v) is 9.42. The summed E-state index contributed by atoms with van der Waals surface area (Å²) in [5.74, 6) is 2.91. The Hall–Kier alpha value is -0.860. The lowest BCUT2D eigenvalue weighted by atomic mass is 9.60. The van der Waals surface area contributed by atoms with Gasteiger partial charge in [0.2, 0.25) is 0 Å². The summed E-state index contributed by atoms with van der Waals surface area (Å²) >= 11 is 0. The summed E-state index contributed by atoms with van der Waals surface area (Å²) in [5.41, 5.74) is 4.40. The highest BCUT2D eigenvalue weighted by molar-refractivity contribution is 5.31. The first-order chi connectivity index (χ1) is 14.7. The predicted molar refractivity (Wildman–Crippen MR) is 130 cm³/mol. The highest BCUT2D eigenvalue weighted by Gasteiger charge is 2.50. The molecule has 0 aromatic rings. The number of hydrogen-bond acceptors (Lipinski definition) is 2. The van der Waals surface area contributed by atoms with Crippen LogP contribution in [0.5, 0.6) is 0 Å². The predicted octanol–water partition coefficient (Wildman–Crippen LogP) is 7.12. The van der Waals surface area contributed by atoms with Crippen molar-refractivity contribution in [3.63, 3.8) is 0 Å². The normalized spacial score (nSPS) is 39.5. The minimum absolute atomic E-state index is 0.233. The first-order valence-electron chi connectivity index (χ1n) is 13.2. The lowest BCUT2D eigenvalue weighted by molar-refractivity contribution is 0.0596. The number of aliphatic hydroxyl groups excluding tert-OH is 1. The van der Waals surface area contributed by atoms with Crippen molar-refractivity contribution in [2.24, 2.45) is 29.1 Å². The third kappa shape index (κ3) is 5.06. The molecule has 0 radical (unpaired) electrons. The van der Waals surface area contributed by atoms with Crippen LogP contribution < -0.4 is 0 Å². The van der Waals surface area contributed by atoms with E-state index in [-0.39, 0.29) is 6.10 Å². The van der Waals surface area contributed by atoms with Crippen LogP contribution in [0.3, 0.4) is 0 Å². The van der Waals surface area contributed by atoms with Crippen LogP contribution in [0.25, 0.3) is 0 Å². The Labute approximate surface area is 190 Å². The molecule has 0 saturated heterocycles. The van der Waals surface area contributed by atoms with E-state index in [2.05, 4.69) is 32.1 Å². The molecule has 0 aliphatic heterocycles. The number of allylic oxidation sites excluding steroid dienone is 4. The number of aliphatic hydroxyl groups is 2. The van der Waals surface area contributed by atoms with Crippen LogP contribution in [0.2, 0.25) is 0 Å². The topological polar surface area (TPSA) is 40.5 Å². The molecule has 0 bridgehead atoms. The van der Waals surface area contributed by atoms with Crippen molar-refractivity contribution in [2.45, 2.75) is 116 Å². The Morgan fingerprint density at radius 2 is 2.00 bits per heavy atom. The van der Waals surface area contributed by atoms with Crippen LogP contribution in [0.15, 0.2) is 34.9 Å². The minimum Gasteiger partial charge on any atom is -0.390 e. The van der Waals surface area contributed by atoms with Crippen molar-refractivity contribution in [2.75, 3.05) is 0 Å². The smallest absolute Gasteiger partial charge is 0.0790 e. The molecule has 0 spiro atoms. The van der Waals surface area contributed by atoms with Gasteiger partial charge < -0.3 is 10.2 Å². The largest absolute Gasteiger partial charge is 0.390 e. The molecule has 0 heterocycles. The zero-order valence-electron chi connectivity index (χ0n) is 20.5. The van der Waals surface area contributed by atoms with Crippen LogP contribution in [0, 0.1) is 29.1 Å². The molecule has 4 aliphatic rings. The molecule has 3 saturated carbocycles. The SMILES string of the molecule is C[C@H](CCCC(C)(C)O)C1CCC2/C(=C/C=C3\C[C@@H]4CCC=C4[C@H](O)C3)CCC[C@@]21C. The van der Waals surface area contributed by atoms with Gasteiger partial charge in [-0.3, -0.25) is 0 Å². The maximum Gasteiger partial charge on any atom is 0.0790 e. The first-order valence-corrected chi connectivity index (χ1v) is 13.2. The Kier molecular flexibility index (Phi) is 6.90. The second-order valence-electron chi connectivity index (χ2n) is 12.2. The van der Waals surface area contributed by atoms with Gasteiger partial charge in [0.05, 0.1) is 11.7 Å². The van der Waals surface area contributed by atoms with Gasteiger partial charge in [0.1, 0.15) is 0 Å². The molecule has 2 unspecified atom stereocenters. The molecule has 6 atom stereocenters. The van der Waals surface area contributed by atoms with Crippen molar-refractivity contribution in [3.05, 3.63) is 34.9 Å². The average molecular weight is 427 g/mol. The summed E-state index contributed by atoms with van der Waals surface area (Å²) in [7, 11) is 0. The van der Waals surface area contributed by atoms with E-state index in [1.54, 1.807) is 5.57 Å². The fourth-order valence-corrected chi connectivity index (χ4v) is 7.81. The lowest BCUT2D eigenvalue weighted by Crippen LogP contribution is -2.36. The highest BCUT2D eigenvalue weighted by Crippen LogP contribution is 2.60. The van der Waals surface area contributed by atoms with Gasteiger partial charge in [0, 0.05) is 0 Å². The summed E-state index contributed by atoms with van der Waals surface area (Å²) < 4.78 is 0. The van der Waals surface area contributed by atoms with Crippen molar-refractivity contribution >= 4 is 0 Å². The Balaban J connectivity index is 1.42. The molecule has 2 heteroatoms. The van der Waals surface area contributed by atoms with Crippen LogP contribution >= 0.6 is 0 Å². The second-order valence-corrected chi connectivity index (χ2v) is 12.2. The van der Waals surface area contributed by atoms with E-state index in [0.29, 0.717) is 11.3 Å². The molecule has 31 heavy (non-hydrogen) atoms. The Morgan fingerprint density at radius 3 is 2.77 bits per heavy atom. The minimum atomic E-state index is -0.530. The monoisotopic (exact) mass is 426 g/mol. The maximum absolute atomic E-state index is 10.5. The average Bonchev–Trinajstić information content (AvgIpc) is 3.29. The Bertz CT molecular complexity index is 736. The van der Waals surface area contributed by atoms with E-state index < -0.39 is 5.60 Å². The summed E-state index contributed by atoms with van der Waals surface area (Å²) in [6.45, 7) is 8.93.